The second kappa shape index (κ2) is 17.4. The fourth-order valence-corrected chi connectivity index (χ4v) is 3.59. The predicted molar refractivity (Wildman–Crippen MR) is 150 cm³/mol. The molecule has 0 amide bonds. The van der Waals surface area contributed by atoms with Crippen LogP contribution < -0.4 is 0 Å². The molecule has 0 aromatic heterocycles. The van der Waals surface area contributed by atoms with E-state index in [0.717, 1.165) is 38.5 Å². The highest BCUT2D eigenvalue weighted by atomic mass is 17.3. The lowest BCUT2D eigenvalue weighted by Crippen LogP contribution is -2.67. The zero-order valence-corrected chi connectivity index (χ0v) is 26.7. The van der Waals surface area contributed by atoms with Crippen LogP contribution in [0, 0.1) is 17.3 Å². The van der Waals surface area contributed by atoms with Crippen LogP contribution in [0.2, 0.25) is 0 Å². The summed E-state index contributed by atoms with van der Waals surface area (Å²) in [5.41, 5.74) is -1.75. The Balaban J connectivity index is 6.79. The molecule has 0 aromatic carbocycles. The highest BCUT2D eigenvalue weighted by Crippen LogP contribution is 2.51. The predicted octanol–water partition coefficient (Wildman–Crippen LogP) is 8.25. The minimum absolute atomic E-state index is 0.192. The van der Waals surface area contributed by atoms with Gasteiger partial charge in [0, 0.05) is 0 Å². The van der Waals surface area contributed by atoms with E-state index in [-0.39, 0.29) is 12.0 Å². The standard InChI is InChI=1S/C30H62O7/c1-14-16-18-21-32-30(36-27(9,10)11,37-34-22-19-24(3)4)28(12,13)29(35-26(7)8,31-20-17-15-2)33-23-25(5)6/h24-26H,14-23H2,1-13H3. The van der Waals surface area contributed by atoms with E-state index < -0.39 is 23.0 Å². The SMILES string of the molecule is CCCCCOC(OOCCC(C)C)(OC(C)(C)C)C(C)(C)C(OCCCC)(OCC(C)C)OC(C)C. The maximum absolute atomic E-state index is 6.67. The van der Waals surface area contributed by atoms with Gasteiger partial charge in [-0.05, 0) is 79.6 Å². The summed E-state index contributed by atoms with van der Waals surface area (Å²) in [6, 6.07) is 0. The van der Waals surface area contributed by atoms with Gasteiger partial charge >= 0.3 is 5.97 Å². The fourth-order valence-electron chi connectivity index (χ4n) is 3.59. The lowest BCUT2D eigenvalue weighted by Gasteiger charge is -2.54. The highest BCUT2D eigenvalue weighted by Gasteiger charge is 2.67. The van der Waals surface area contributed by atoms with E-state index in [1.54, 1.807) is 0 Å². The van der Waals surface area contributed by atoms with Gasteiger partial charge in [-0.3, -0.25) is 0 Å². The Bertz CT molecular complexity index is 571. The molecule has 0 radical (unpaired) electrons. The van der Waals surface area contributed by atoms with Gasteiger partial charge in [0.1, 0.15) is 5.41 Å². The van der Waals surface area contributed by atoms with Crippen molar-refractivity contribution < 1.29 is 33.5 Å². The second-order valence-electron chi connectivity index (χ2n) is 12.7. The molecular weight excluding hydrogens is 472 g/mol. The first kappa shape index (κ1) is 36.7. The average molecular weight is 535 g/mol. The third kappa shape index (κ3) is 13.1. The topological polar surface area (TPSA) is 64.6 Å². The van der Waals surface area contributed by atoms with Crippen molar-refractivity contribution in [3.8, 4) is 0 Å². The second-order valence-corrected chi connectivity index (χ2v) is 12.7. The Labute approximate surface area is 229 Å². The molecule has 0 spiro atoms. The van der Waals surface area contributed by atoms with Crippen molar-refractivity contribution in [1.29, 1.82) is 0 Å². The molecule has 0 bridgehead atoms. The third-order valence-electron chi connectivity index (χ3n) is 5.75. The molecule has 224 valence electrons. The summed E-state index contributed by atoms with van der Waals surface area (Å²) < 4.78 is 32.9. The Kier molecular flexibility index (Phi) is 17.3. The average Bonchev–Trinajstić information content (AvgIpc) is 2.76. The summed E-state index contributed by atoms with van der Waals surface area (Å²) >= 11 is 0. The fraction of sp³-hybridized carbons (Fsp3) is 1.00. The van der Waals surface area contributed by atoms with Crippen LogP contribution in [0.4, 0.5) is 0 Å². The van der Waals surface area contributed by atoms with Gasteiger partial charge in [0.2, 0.25) is 0 Å². The van der Waals surface area contributed by atoms with E-state index in [4.69, 9.17) is 33.5 Å². The van der Waals surface area contributed by atoms with Crippen molar-refractivity contribution in [2.75, 3.05) is 26.4 Å². The quantitative estimate of drug-likeness (QED) is 0.0599. The van der Waals surface area contributed by atoms with Crippen LogP contribution in [0.15, 0.2) is 0 Å². The number of rotatable bonds is 22. The van der Waals surface area contributed by atoms with Gasteiger partial charge in [-0.15, -0.1) is 0 Å². The lowest BCUT2D eigenvalue weighted by molar-refractivity contribution is -0.589. The molecule has 0 saturated carbocycles. The summed E-state index contributed by atoms with van der Waals surface area (Å²) in [5, 5.41) is 0. The van der Waals surface area contributed by atoms with Gasteiger partial charge in [0.05, 0.1) is 38.1 Å². The Hall–Kier alpha value is -0.280. The van der Waals surface area contributed by atoms with E-state index in [0.29, 0.717) is 32.3 Å². The van der Waals surface area contributed by atoms with Gasteiger partial charge in [-0.1, -0.05) is 60.8 Å². The largest absolute Gasteiger partial charge is 0.327 e. The van der Waals surface area contributed by atoms with Crippen molar-refractivity contribution in [3.05, 3.63) is 0 Å². The Morgan fingerprint density at radius 3 is 1.68 bits per heavy atom. The maximum Gasteiger partial charge on any atom is 0.325 e. The first-order valence-electron chi connectivity index (χ1n) is 14.7. The van der Waals surface area contributed by atoms with Gasteiger partial charge in [0.25, 0.3) is 5.97 Å². The molecule has 0 aliphatic carbocycles. The first-order valence-corrected chi connectivity index (χ1v) is 14.7. The molecule has 7 nitrogen and oxygen atoms in total. The lowest BCUT2D eigenvalue weighted by atomic mass is 9.85. The number of hydrogen-bond donors (Lipinski definition) is 0. The molecule has 2 atom stereocenters. The smallest absolute Gasteiger partial charge is 0.325 e. The van der Waals surface area contributed by atoms with Crippen LogP contribution >= 0.6 is 0 Å². The van der Waals surface area contributed by atoms with Gasteiger partial charge < -0.3 is 23.7 Å². The molecule has 0 rings (SSSR count). The monoisotopic (exact) mass is 534 g/mol. The summed E-state index contributed by atoms with van der Waals surface area (Å²) in [5.74, 6) is -2.46. The van der Waals surface area contributed by atoms with Crippen LogP contribution in [0.25, 0.3) is 0 Å². The molecule has 0 heterocycles. The van der Waals surface area contributed by atoms with E-state index in [1.165, 1.54) is 0 Å². The first-order chi connectivity index (χ1) is 17.1. The molecule has 0 aliphatic rings. The van der Waals surface area contributed by atoms with Crippen LogP contribution in [0.1, 0.15) is 129 Å². The molecule has 37 heavy (non-hydrogen) atoms. The molecule has 0 aromatic rings. The van der Waals surface area contributed by atoms with Crippen molar-refractivity contribution in [1.82, 2.24) is 0 Å². The molecule has 0 aliphatic heterocycles. The van der Waals surface area contributed by atoms with Crippen molar-refractivity contribution in [3.63, 3.8) is 0 Å². The molecule has 0 fully saturated rings. The van der Waals surface area contributed by atoms with E-state index in [1.807, 2.05) is 48.5 Å². The van der Waals surface area contributed by atoms with E-state index in [2.05, 4.69) is 41.5 Å². The Morgan fingerprint density at radius 1 is 0.622 bits per heavy atom. The number of ether oxygens (including phenoxy) is 5. The zero-order valence-electron chi connectivity index (χ0n) is 26.7. The molecule has 0 N–H and O–H groups in total. The highest BCUT2D eigenvalue weighted by molar-refractivity contribution is 4.92. The van der Waals surface area contributed by atoms with E-state index >= 15 is 0 Å². The number of unbranched alkanes of at least 4 members (excludes halogenated alkanes) is 3. The van der Waals surface area contributed by atoms with Gasteiger partial charge in [-0.25, -0.2) is 4.89 Å². The summed E-state index contributed by atoms with van der Waals surface area (Å²) in [6.45, 7) is 28.3. The van der Waals surface area contributed by atoms with Crippen molar-refractivity contribution in [2.45, 2.75) is 152 Å². The maximum atomic E-state index is 6.67. The molecule has 2 unspecified atom stereocenters. The third-order valence-corrected chi connectivity index (χ3v) is 5.75. The Morgan fingerprint density at radius 2 is 1.19 bits per heavy atom. The minimum Gasteiger partial charge on any atom is -0.327 e. The van der Waals surface area contributed by atoms with Crippen molar-refractivity contribution >= 4 is 0 Å². The summed E-state index contributed by atoms with van der Waals surface area (Å²) in [6.07, 6.45) is 5.45. The molecule has 7 heteroatoms. The van der Waals surface area contributed by atoms with Gasteiger partial charge in [0.15, 0.2) is 0 Å². The summed E-state index contributed by atoms with van der Waals surface area (Å²) in [7, 11) is 0. The van der Waals surface area contributed by atoms with Crippen LogP contribution in [-0.4, -0.2) is 50.1 Å². The van der Waals surface area contributed by atoms with Crippen LogP contribution in [-0.2, 0) is 33.5 Å². The van der Waals surface area contributed by atoms with Crippen LogP contribution in [0.3, 0.4) is 0 Å². The molecular formula is C30H62O7. The normalized spacial score (nSPS) is 16.5. The molecule has 0 saturated heterocycles. The van der Waals surface area contributed by atoms with Gasteiger partial charge in [-0.2, -0.15) is 4.89 Å². The van der Waals surface area contributed by atoms with Crippen molar-refractivity contribution in [2.24, 2.45) is 17.3 Å². The minimum atomic E-state index is -1.67. The zero-order chi connectivity index (χ0) is 28.8. The van der Waals surface area contributed by atoms with Crippen LogP contribution in [0.5, 0.6) is 0 Å². The van der Waals surface area contributed by atoms with E-state index in [9.17, 15) is 0 Å². The number of hydrogen-bond acceptors (Lipinski definition) is 7. The summed E-state index contributed by atoms with van der Waals surface area (Å²) in [4.78, 5) is 12.1.